The van der Waals surface area contributed by atoms with Gasteiger partial charge in [0.1, 0.15) is 5.75 Å². The molecule has 4 nitrogen and oxygen atoms in total. The summed E-state index contributed by atoms with van der Waals surface area (Å²) in [5.41, 5.74) is 1.29. The molecular formula is C18H19BrN2O2S. The molecule has 0 aromatic heterocycles. The Balaban J connectivity index is 2.01. The van der Waals surface area contributed by atoms with Crippen LogP contribution in [0.5, 0.6) is 5.75 Å². The second-order valence-corrected chi connectivity index (χ2v) is 6.29. The molecule has 2 aromatic rings. The van der Waals surface area contributed by atoms with Crippen LogP contribution >= 0.6 is 28.1 Å². The highest BCUT2D eigenvalue weighted by molar-refractivity contribution is 9.10. The Bertz CT molecular complexity index is 715. The van der Waals surface area contributed by atoms with Crippen molar-refractivity contribution in [1.29, 1.82) is 0 Å². The normalized spacial score (nSPS) is 10.1. The first-order valence-corrected chi connectivity index (χ1v) is 8.87. The molecule has 0 fully saturated rings. The van der Waals surface area contributed by atoms with Gasteiger partial charge in [-0.1, -0.05) is 22.0 Å². The summed E-state index contributed by atoms with van der Waals surface area (Å²) in [5, 5.41) is 3.29. The molecule has 126 valence electrons. The van der Waals surface area contributed by atoms with Gasteiger partial charge in [0.25, 0.3) is 11.1 Å². The summed E-state index contributed by atoms with van der Waals surface area (Å²) in [6.07, 6.45) is 0. The fourth-order valence-corrected chi connectivity index (χ4v) is 2.84. The van der Waals surface area contributed by atoms with Gasteiger partial charge in [-0.2, -0.15) is 0 Å². The van der Waals surface area contributed by atoms with E-state index in [1.807, 2.05) is 43.0 Å². The molecule has 0 atom stereocenters. The van der Waals surface area contributed by atoms with Crippen molar-refractivity contribution in [2.24, 2.45) is 0 Å². The van der Waals surface area contributed by atoms with Crippen LogP contribution in [0.2, 0.25) is 0 Å². The van der Waals surface area contributed by atoms with Crippen LogP contribution < -0.4 is 10.1 Å². The zero-order chi connectivity index (χ0) is 17.5. The van der Waals surface area contributed by atoms with Crippen LogP contribution in [0.15, 0.2) is 53.0 Å². The number of amides is 1. The van der Waals surface area contributed by atoms with E-state index in [1.54, 1.807) is 24.3 Å². The molecular weight excluding hydrogens is 388 g/mol. The average molecular weight is 407 g/mol. The monoisotopic (exact) mass is 406 g/mol. The molecule has 0 aliphatic heterocycles. The lowest BCUT2D eigenvalue weighted by molar-refractivity contribution is 0.102. The number of carbonyl (C=O) groups excluding carboxylic acids is 1. The standard InChI is InChI=1S/C18H19BrN2O2S/c1-3-21(4-2)18(24)23-16-10-8-13(9-11-16)17(22)20-15-7-5-6-14(19)12-15/h5-12H,3-4H2,1-2H3,(H,20,22). The van der Waals surface area contributed by atoms with Crippen molar-refractivity contribution < 1.29 is 9.53 Å². The van der Waals surface area contributed by atoms with E-state index in [-0.39, 0.29) is 5.91 Å². The van der Waals surface area contributed by atoms with Crippen LogP contribution in [0.1, 0.15) is 24.2 Å². The highest BCUT2D eigenvalue weighted by Gasteiger charge is 2.10. The Kier molecular flexibility index (Phi) is 6.75. The summed E-state index contributed by atoms with van der Waals surface area (Å²) in [7, 11) is 0. The molecule has 0 radical (unpaired) electrons. The van der Waals surface area contributed by atoms with Gasteiger partial charge < -0.3 is 15.0 Å². The summed E-state index contributed by atoms with van der Waals surface area (Å²) in [4.78, 5) is 14.2. The Morgan fingerprint density at radius 1 is 1.17 bits per heavy atom. The molecule has 2 aromatic carbocycles. The minimum Gasteiger partial charge on any atom is -0.432 e. The van der Waals surface area contributed by atoms with E-state index in [0.717, 1.165) is 23.2 Å². The topological polar surface area (TPSA) is 41.6 Å². The summed E-state index contributed by atoms with van der Waals surface area (Å²) >= 11 is 8.64. The van der Waals surface area contributed by atoms with Crippen molar-refractivity contribution in [2.45, 2.75) is 13.8 Å². The quantitative estimate of drug-likeness (QED) is 0.730. The van der Waals surface area contributed by atoms with Crippen molar-refractivity contribution in [3.63, 3.8) is 0 Å². The van der Waals surface area contributed by atoms with Crippen LogP contribution in [-0.2, 0) is 0 Å². The van der Waals surface area contributed by atoms with Gasteiger partial charge in [-0.25, -0.2) is 0 Å². The van der Waals surface area contributed by atoms with Crippen molar-refractivity contribution in [1.82, 2.24) is 4.90 Å². The molecule has 0 saturated carbocycles. The lowest BCUT2D eigenvalue weighted by Crippen LogP contribution is -2.32. The molecule has 1 amide bonds. The molecule has 0 bridgehead atoms. The summed E-state index contributed by atoms with van der Waals surface area (Å²) in [6.45, 7) is 5.63. The van der Waals surface area contributed by atoms with Crippen LogP contribution in [0.4, 0.5) is 5.69 Å². The van der Waals surface area contributed by atoms with Gasteiger partial charge in [-0.15, -0.1) is 0 Å². The van der Waals surface area contributed by atoms with E-state index < -0.39 is 0 Å². The van der Waals surface area contributed by atoms with Gasteiger partial charge in [0, 0.05) is 28.8 Å². The largest absolute Gasteiger partial charge is 0.432 e. The highest BCUT2D eigenvalue weighted by atomic mass is 79.9. The van der Waals surface area contributed by atoms with Crippen LogP contribution in [-0.4, -0.2) is 29.1 Å². The van der Waals surface area contributed by atoms with Gasteiger partial charge >= 0.3 is 0 Å². The van der Waals surface area contributed by atoms with Gasteiger partial charge in [-0.3, -0.25) is 4.79 Å². The van der Waals surface area contributed by atoms with Gasteiger partial charge in [0.15, 0.2) is 0 Å². The number of ether oxygens (including phenoxy) is 1. The number of nitrogens with zero attached hydrogens (tertiary/aromatic N) is 1. The van der Waals surface area contributed by atoms with Crippen LogP contribution in [0, 0.1) is 0 Å². The molecule has 0 saturated heterocycles. The Labute approximate surface area is 155 Å². The van der Waals surface area contributed by atoms with Crippen LogP contribution in [0.25, 0.3) is 0 Å². The maximum Gasteiger partial charge on any atom is 0.264 e. The number of hydrogen-bond donors (Lipinski definition) is 1. The van der Waals surface area contributed by atoms with Crippen molar-refractivity contribution in [3.8, 4) is 5.75 Å². The third-order valence-electron chi connectivity index (χ3n) is 3.43. The van der Waals surface area contributed by atoms with E-state index in [0.29, 0.717) is 16.5 Å². The number of benzene rings is 2. The molecule has 0 unspecified atom stereocenters. The highest BCUT2D eigenvalue weighted by Crippen LogP contribution is 2.18. The summed E-state index contributed by atoms with van der Waals surface area (Å²) in [5.74, 6) is 0.442. The molecule has 24 heavy (non-hydrogen) atoms. The first-order chi connectivity index (χ1) is 11.5. The molecule has 0 spiro atoms. The number of rotatable bonds is 5. The fourth-order valence-electron chi connectivity index (χ4n) is 2.09. The number of hydrogen-bond acceptors (Lipinski definition) is 3. The lowest BCUT2D eigenvalue weighted by Gasteiger charge is -2.21. The van der Waals surface area contributed by atoms with Crippen LogP contribution in [0.3, 0.4) is 0 Å². The first kappa shape index (κ1) is 18.4. The predicted octanol–water partition coefficient (Wildman–Crippen LogP) is 4.71. The Hall–Kier alpha value is -1.92. The second kappa shape index (κ2) is 8.80. The first-order valence-electron chi connectivity index (χ1n) is 7.67. The van der Waals surface area contributed by atoms with Crippen molar-refractivity contribution >= 4 is 44.9 Å². The smallest absolute Gasteiger partial charge is 0.264 e. The van der Waals surface area contributed by atoms with E-state index >= 15 is 0 Å². The SMILES string of the molecule is CCN(CC)C(=S)Oc1ccc(C(=O)Nc2cccc(Br)c2)cc1. The molecule has 0 aliphatic rings. The van der Waals surface area contributed by atoms with Crippen molar-refractivity contribution in [2.75, 3.05) is 18.4 Å². The number of nitrogens with one attached hydrogen (secondary N) is 1. The Morgan fingerprint density at radius 3 is 2.42 bits per heavy atom. The minimum atomic E-state index is -0.175. The molecule has 0 heterocycles. The maximum absolute atomic E-state index is 12.3. The number of anilines is 1. The number of carbonyl (C=O) groups is 1. The third kappa shape index (κ3) is 5.04. The zero-order valence-electron chi connectivity index (χ0n) is 13.6. The van der Waals surface area contributed by atoms with E-state index in [4.69, 9.17) is 17.0 Å². The van der Waals surface area contributed by atoms with Gasteiger partial charge in [0.05, 0.1) is 0 Å². The molecule has 0 aliphatic carbocycles. The van der Waals surface area contributed by atoms with E-state index in [2.05, 4.69) is 21.2 Å². The zero-order valence-corrected chi connectivity index (χ0v) is 16.0. The van der Waals surface area contributed by atoms with Crippen molar-refractivity contribution in [3.05, 3.63) is 58.6 Å². The minimum absolute atomic E-state index is 0.175. The van der Waals surface area contributed by atoms with E-state index in [9.17, 15) is 4.79 Å². The average Bonchev–Trinajstić information content (AvgIpc) is 2.56. The fraction of sp³-hybridized carbons (Fsp3) is 0.222. The summed E-state index contributed by atoms with van der Waals surface area (Å²) in [6, 6.07) is 14.4. The maximum atomic E-state index is 12.3. The Morgan fingerprint density at radius 2 is 1.83 bits per heavy atom. The molecule has 6 heteroatoms. The van der Waals surface area contributed by atoms with E-state index in [1.165, 1.54) is 0 Å². The lowest BCUT2D eigenvalue weighted by atomic mass is 10.2. The number of thiocarbonyl (C=S) groups is 1. The summed E-state index contributed by atoms with van der Waals surface area (Å²) < 4.78 is 6.56. The third-order valence-corrected chi connectivity index (χ3v) is 4.26. The molecule has 2 rings (SSSR count). The second-order valence-electron chi connectivity index (χ2n) is 5.03. The van der Waals surface area contributed by atoms with Gasteiger partial charge in [0.2, 0.25) is 0 Å². The molecule has 1 N–H and O–H groups in total. The number of halogens is 1. The predicted molar refractivity (Wildman–Crippen MR) is 105 cm³/mol. The van der Waals surface area contributed by atoms with Gasteiger partial charge in [-0.05, 0) is 68.5 Å².